The number of ether oxygens (including phenoxy) is 1. The quantitative estimate of drug-likeness (QED) is 0.897. The molecule has 21 heavy (non-hydrogen) atoms. The van der Waals surface area contributed by atoms with Gasteiger partial charge in [0.15, 0.2) is 0 Å². The lowest BCUT2D eigenvalue weighted by atomic mass is 9.97. The number of likely N-dealkylation sites (tertiary alicyclic amines) is 1. The summed E-state index contributed by atoms with van der Waals surface area (Å²) in [6.45, 7) is 6.68. The van der Waals surface area contributed by atoms with E-state index in [1.54, 1.807) is 24.8 Å². The summed E-state index contributed by atoms with van der Waals surface area (Å²) >= 11 is 0. The molecule has 1 aliphatic rings. The molecule has 1 aromatic rings. The van der Waals surface area contributed by atoms with Crippen LogP contribution in [0.1, 0.15) is 33.6 Å². The first-order chi connectivity index (χ1) is 9.91. The first-order valence-corrected chi connectivity index (χ1v) is 7.44. The van der Waals surface area contributed by atoms with E-state index < -0.39 is 5.60 Å². The van der Waals surface area contributed by atoms with Crippen LogP contribution in [0.25, 0.3) is 0 Å². The van der Waals surface area contributed by atoms with Crippen LogP contribution in [0.4, 0.5) is 10.5 Å². The SMILES string of the molecule is CCOc1cccc(NC(=O)N2CCCC2C(C)(C)O)c1. The minimum atomic E-state index is -0.888. The third-order valence-corrected chi connectivity index (χ3v) is 3.73. The molecule has 0 saturated carbocycles. The zero-order valence-corrected chi connectivity index (χ0v) is 12.9. The first-order valence-electron chi connectivity index (χ1n) is 7.44. The maximum Gasteiger partial charge on any atom is 0.322 e. The van der Waals surface area contributed by atoms with E-state index in [1.165, 1.54) is 0 Å². The molecule has 0 aromatic heterocycles. The minimum Gasteiger partial charge on any atom is -0.494 e. The maximum absolute atomic E-state index is 12.4. The molecule has 116 valence electrons. The van der Waals surface area contributed by atoms with E-state index in [9.17, 15) is 9.90 Å². The van der Waals surface area contributed by atoms with Crippen molar-refractivity contribution < 1.29 is 14.6 Å². The summed E-state index contributed by atoms with van der Waals surface area (Å²) in [6, 6.07) is 7.01. The van der Waals surface area contributed by atoms with Crippen LogP contribution in [0.15, 0.2) is 24.3 Å². The zero-order valence-electron chi connectivity index (χ0n) is 12.9. The lowest BCUT2D eigenvalue weighted by Gasteiger charge is -2.33. The molecule has 1 heterocycles. The van der Waals surface area contributed by atoms with E-state index in [-0.39, 0.29) is 12.1 Å². The molecule has 1 atom stereocenters. The van der Waals surface area contributed by atoms with Crippen LogP contribution in [0, 0.1) is 0 Å². The molecule has 2 rings (SSSR count). The zero-order chi connectivity index (χ0) is 15.5. The van der Waals surface area contributed by atoms with E-state index in [4.69, 9.17) is 4.74 Å². The number of hydrogen-bond acceptors (Lipinski definition) is 3. The van der Waals surface area contributed by atoms with Crippen molar-refractivity contribution in [3.63, 3.8) is 0 Å². The standard InChI is InChI=1S/C16H24N2O3/c1-4-21-13-8-5-7-12(11-13)17-15(19)18-10-6-9-14(18)16(2,3)20/h5,7-8,11,14,20H,4,6,9-10H2,1-3H3,(H,17,19). The number of urea groups is 1. The number of amides is 2. The topological polar surface area (TPSA) is 61.8 Å². The number of carbonyl (C=O) groups is 1. The number of anilines is 1. The van der Waals surface area contributed by atoms with Crippen LogP contribution >= 0.6 is 0 Å². The van der Waals surface area contributed by atoms with Crippen molar-refractivity contribution in [2.45, 2.75) is 45.3 Å². The second-order valence-corrected chi connectivity index (χ2v) is 5.90. The normalized spacial score (nSPS) is 18.7. The molecular formula is C16H24N2O3. The van der Waals surface area contributed by atoms with Crippen LogP contribution in [0.2, 0.25) is 0 Å². The van der Waals surface area contributed by atoms with Gasteiger partial charge in [0.25, 0.3) is 0 Å². The van der Waals surface area contributed by atoms with Crippen molar-refractivity contribution in [1.82, 2.24) is 4.90 Å². The second-order valence-electron chi connectivity index (χ2n) is 5.90. The number of carbonyl (C=O) groups excluding carboxylic acids is 1. The fourth-order valence-corrected chi connectivity index (χ4v) is 2.77. The summed E-state index contributed by atoms with van der Waals surface area (Å²) in [5.74, 6) is 0.732. The molecule has 5 nitrogen and oxygen atoms in total. The summed E-state index contributed by atoms with van der Waals surface area (Å²) in [4.78, 5) is 14.1. The van der Waals surface area contributed by atoms with E-state index in [2.05, 4.69) is 5.32 Å². The lowest BCUT2D eigenvalue weighted by molar-refractivity contribution is 0.0117. The summed E-state index contributed by atoms with van der Waals surface area (Å²) in [7, 11) is 0. The van der Waals surface area contributed by atoms with Gasteiger partial charge >= 0.3 is 6.03 Å². The highest BCUT2D eigenvalue weighted by Gasteiger charge is 2.38. The Balaban J connectivity index is 2.05. The summed E-state index contributed by atoms with van der Waals surface area (Å²) in [6.07, 6.45) is 1.75. The number of nitrogens with zero attached hydrogens (tertiary/aromatic N) is 1. The highest BCUT2D eigenvalue weighted by Crippen LogP contribution is 2.27. The van der Waals surface area contributed by atoms with E-state index in [1.807, 2.05) is 25.1 Å². The van der Waals surface area contributed by atoms with Crippen LogP contribution in [-0.2, 0) is 0 Å². The molecule has 1 fully saturated rings. The average Bonchev–Trinajstić information content (AvgIpc) is 2.88. The smallest absolute Gasteiger partial charge is 0.322 e. The molecular weight excluding hydrogens is 268 g/mol. The molecule has 0 radical (unpaired) electrons. The van der Waals surface area contributed by atoms with Crippen molar-refractivity contribution in [3.05, 3.63) is 24.3 Å². The number of aliphatic hydroxyl groups is 1. The molecule has 0 aliphatic carbocycles. The fraction of sp³-hybridized carbons (Fsp3) is 0.562. The van der Waals surface area contributed by atoms with Gasteiger partial charge in [0.05, 0.1) is 18.2 Å². The molecule has 2 amide bonds. The third kappa shape index (κ3) is 3.88. The third-order valence-electron chi connectivity index (χ3n) is 3.73. The van der Waals surface area contributed by atoms with Crippen molar-refractivity contribution in [1.29, 1.82) is 0 Å². The van der Waals surface area contributed by atoms with Gasteiger partial charge in [-0.3, -0.25) is 0 Å². The summed E-state index contributed by atoms with van der Waals surface area (Å²) in [5.41, 5.74) is -0.187. The number of benzene rings is 1. The Labute approximate surface area is 125 Å². The summed E-state index contributed by atoms with van der Waals surface area (Å²) in [5, 5.41) is 13.1. The van der Waals surface area contributed by atoms with Crippen molar-refractivity contribution >= 4 is 11.7 Å². The highest BCUT2D eigenvalue weighted by atomic mass is 16.5. The van der Waals surface area contributed by atoms with Crippen LogP contribution < -0.4 is 10.1 Å². The van der Waals surface area contributed by atoms with E-state index in [0.717, 1.165) is 18.6 Å². The molecule has 1 unspecified atom stereocenters. The number of hydrogen-bond donors (Lipinski definition) is 2. The lowest BCUT2D eigenvalue weighted by Crippen LogP contribution is -2.49. The van der Waals surface area contributed by atoms with Crippen LogP contribution in [0.5, 0.6) is 5.75 Å². The van der Waals surface area contributed by atoms with Crippen molar-refractivity contribution in [2.24, 2.45) is 0 Å². The molecule has 1 saturated heterocycles. The molecule has 2 N–H and O–H groups in total. The maximum atomic E-state index is 12.4. The predicted molar refractivity (Wildman–Crippen MR) is 82.7 cm³/mol. The fourth-order valence-electron chi connectivity index (χ4n) is 2.77. The Morgan fingerprint density at radius 3 is 2.95 bits per heavy atom. The van der Waals surface area contributed by atoms with Gasteiger partial charge in [-0.2, -0.15) is 0 Å². The Hall–Kier alpha value is -1.75. The highest BCUT2D eigenvalue weighted by molar-refractivity contribution is 5.90. The van der Waals surface area contributed by atoms with E-state index in [0.29, 0.717) is 18.8 Å². The van der Waals surface area contributed by atoms with Gasteiger partial charge in [0.1, 0.15) is 5.75 Å². The summed E-state index contributed by atoms with van der Waals surface area (Å²) < 4.78 is 5.42. The van der Waals surface area contributed by atoms with Crippen LogP contribution in [-0.4, -0.2) is 40.8 Å². The van der Waals surface area contributed by atoms with Crippen molar-refractivity contribution in [3.8, 4) is 5.75 Å². The molecule has 1 aliphatic heterocycles. The minimum absolute atomic E-state index is 0.146. The Morgan fingerprint density at radius 2 is 2.29 bits per heavy atom. The van der Waals surface area contributed by atoms with Gasteiger partial charge in [-0.15, -0.1) is 0 Å². The van der Waals surface area contributed by atoms with Gasteiger partial charge in [0, 0.05) is 18.3 Å². The number of nitrogens with one attached hydrogen (secondary N) is 1. The largest absolute Gasteiger partial charge is 0.494 e. The number of rotatable bonds is 4. The van der Waals surface area contributed by atoms with Crippen LogP contribution in [0.3, 0.4) is 0 Å². The molecule has 1 aromatic carbocycles. The van der Waals surface area contributed by atoms with Gasteiger partial charge in [-0.1, -0.05) is 6.07 Å². The van der Waals surface area contributed by atoms with Gasteiger partial charge in [0.2, 0.25) is 0 Å². The monoisotopic (exact) mass is 292 g/mol. The Kier molecular flexibility index (Phi) is 4.73. The molecule has 0 bridgehead atoms. The molecule has 5 heteroatoms. The second kappa shape index (κ2) is 6.35. The predicted octanol–water partition coefficient (Wildman–Crippen LogP) is 2.85. The molecule has 0 spiro atoms. The van der Waals surface area contributed by atoms with Crippen molar-refractivity contribution in [2.75, 3.05) is 18.5 Å². The van der Waals surface area contributed by atoms with Gasteiger partial charge < -0.3 is 20.1 Å². The van der Waals surface area contributed by atoms with Gasteiger partial charge in [-0.25, -0.2) is 4.79 Å². The Morgan fingerprint density at radius 1 is 1.52 bits per heavy atom. The first kappa shape index (κ1) is 15.6. The van der Waals surface area contributed by atoms with E-state index >= 15 is 0 Å². The Bertz CT molecular complexity index is 497. The average molecular weight is 292 g/mol. The van der Waals surface area contributed by atoms with Gasteiger partial charge in [-0.05, 0) is 45.7 Å².